The standard InChI is InChI=1S/C69H51N3/c1-2-69(53-19-7-3-8-20-53,54-37-31-49(32-38-54)51-35-45-67-63(47-51)61-27-15-17-29-65(61)71(67)57-23-11-5-12-24-57)55-39-43-60(44-40-55)70(56-21-9-4-10-22-56)59-41-33-50(34-42-59)52-36-46-68-64(48-52)62-28-16-18-30-66(62)72(68)58-25-13-6-14-26-58/h3-48H,2H2,1H3. The van der Waals surface area contributed by atoms with E-state index in [0.717, 1.165) is 23.5 Å². The molecule has 0 N–H and O–H groups in total. The van der Waals surface area contributed by atoms with E-state index in [9.17, 15) is 0 Å². The summed E-state index contributed by atoms with van der Waals surface area (Å²) in [5.41, 5.74) is 18.7. The van der Waals surface area contributed by atoms with Crippen molar-refractivity contribution < 1.29 is 0 Å². The molecule has 0 aliphatic heterocycles. The molecule has 0 spiro atoms. The molecule has 0 saturated heterocycles. The zero-order valence-electron chi connectivity index (χ0n) is 40.1. The molecule has 342 valence electrons. The molecule has 0 amide bonds. The van der Waals surface area contributed by atoms with Crippen molar-refractivity contribution in [2.45, 2.75) is 18.8 Å². The van der Waals surface area contributed by atoms with E-state index >= 15 is 0 Å². The monoisotopic (exact) mass is 921 g/mol. The van der Waals surface area contributed by atoms with Gasteiger partial charge >= 0.3 is 0 Å². The fraction of sp³-hybridized carbons (Fsp3) is 0.0435. The van der Waals surface area contributed by atoms with Crippen LogP contribution in [0, 0.1) is 0 Å². The smallest absolute Gasteiger partial charge is 0.0541 e. The number of benzene rings is 11. The Bertz CT molecular complexity index is 4030. The molecule has 0 aliphatic rings. The van der Waals surface area contributed by atoms with Crippen molar-refractivity contribution >= 4 is 60.7 Å². The van der Waals surface area contributed by atoms with Crippen molar-refractivity contribution in [3.8, 4) is 33.6 Å². The van der Waals surface area contributed by atoms with E-state index in [4.69, 9.17) is 0 Å². The normalized spacial score (nSPS) is 12.4. The summed E-state index contributed by atoms with van der Waals surface area (Å²) in [6, 6.07) is 102. The van der Waals surface area contributed by atoms with Gasteiger partial charge in [0, 0.05) is 55.4 Å². The maximum absolute atomic E-state index is 2.38. The number of aromatic nitrogens is 2. The Kier molecular flexibility index (Phi) is 10.7. The highest BCUT2D eigenvalue weighted by Gasteiger charge is 2.35. The van der Waals surface area contributed by atoms with E-state index in [1.54, 1.807) is 0 Å². The lowest BCUT2D eigenvalue weighted by Gasteiger charge is -2.36. The quantitative estimate of drug-likeness (QED) is 0.118. The maximum Gasteiger partial charge on any atom is 0.0541 e. The summed E-state index contributed by atoms with van der Waals surface area (Å²) in [7, 11) is 0. The maximum atomic E-state index is 2.38. The summed E-state index contributed by atoms with van der Waals surface area (Å²) in [6.45, 7) is 2.32. The third-order valence-electron chi connectivity index (χ3n) is 15.0. The van der Waals surface area contributed by atoms with E-state index in [1.165, 1.54) is 93.9 Å². The van der Waals surface area contributed by atoms with Crippen LogP contribution in [0.25, 0.3) is 77.2 Å². The molecule has 13 aromatic rings. The SMILES string of the molecule is CCC(c1ccccc1)(c1ccc(-c2ccc3c(c2)c2ccccc2n3-c2ccccc2)cc1)c1ccc(N(c2ccccc2)c2ccc(-c3ccc4c(c3)c3ccccc3n4-c3ccccc3)cc2)cc1. The fourth-order valence-electron chi connectivity index (χ4n) is 11.5. The summed E-state index contributed by atoms with van der Waals surface area (Å²) in [4.78, 5) is 2.36. The number of rotatable bonds is 11. The molecule has 3 heteroatoms. The van der Waals surface area contributed by atoms with Crippen LogP contribution < -0.4 is 4.90 Å². The lowest BCUT2D eigenvalue weighted by atomic mass is 9.67. The Morgan fingerprint density at radius 3 is 1.10 bits per heavy atom. The second kappa shape index (κ2) is 18.0. The molecule has 0 bridgehead atoms. The highest BCUT2D eigenvalue weighted by atomic mass is 15.1. The summed E-state index contributed by atoms with van der Waals surface area (Å²) in [5.74, 6) is 0. The number of nitrogens with zero attached hydrogens (tertiary/aromatic N) is 3. The molecule has 0 saturated carbocycles. The first-order chi connectivity index (χ1) is 35.7. The van der Waals surface area contributed by atoms with Gasteiger partial charge in [-0.1, -0.05) is 189 Å². The molecule has 0 fully saturated rings. The molecule has 11 aromatic carbocycles. The predicted octanol–water partition coefficient (Wildman–Crippen LogP) is 18.4. The van der Waals surface area contributed by atoms with Crippen molar-refractivity contribution in [1.82, 2.24) is 9.13 Å². The average molecular weight is 922 g/mol. The second-order valence-electron chi connectivity index (χ2n) is 18.8. The topological polar surface area (TPSA) is 13.1 Å². The molecule has 0 radical (unpaired) electrons. The summed E-state index contributed by atoms with van der Waals surface area (Å²) in [6.07, 6.45) is 0.892. The zero-order valence-corrected chi connectivity index (χ0v) is 40.1. The summed E-state index contributed by atoms with van der Waals surface area (Å²) >= 11 is 0. The molecule has 2 aromatic heterocycles. The Labute approximate surface area is 420 Å². The molecular formula is C69H51N3. The van der Waals surface area contributed by atoms with Gasteiger partial charge < -0.3 is 14.0 Å². The summed E-state index contributed by atoms with van der Waals surface area (Å²) in [5, 5.41) is 5.01. The first-order valence-corrected chi connectivity index (χ1v) is 25.1. The van der Waals surface area contributed by atoms with Gasteiger partial charge in [-0.3, -0.25) is 0 Å². The number of hydrogen-bond acceptors (Lipinski definition) is 1. The first-order valence-electron chi connectivity index (χ1n) is 25.1. The van der Waals surface area contributed by atoms with Gasteiger partial charge in [-0.15, -0.1) is 0 Å². The molecular weight excluding hydrogens is 871 g/mol. The summed E-state index contributed by atoms with van der Waals surface area (Å²) < 4.78 is 4.75. The third kappa shape index (κ3) is 7.20. The third-order valence-corrected chi connectivity index (χ3v) is 15.0. The van der Waals surface area contributed by atoms with Gasteiger partial charge in [-0.25, -0.2) is 0 Å². The van der Waals surface area contributed by atoms with Crippen molar-refractivity contribution in [2.75, 3.05) is 4.90 Å². The predicted molar refractivity (Wildman–Crippen MR) is 304 cm³/mol. The first kappa shape index (κ1) is 42.9. The molecule has 0 aliphatic carbocycles. The number of para-hydroxylation sites is 5. The number of fused-ring (bicyclic) bond motifs is 6. The van der Waals surface area contributed by atoms with Crippen LogP contribution in [0.4, 0.5) is 17.1 Å². The lowest BCUT2D eigenvalue weighted by Crippen LogP contribution is -2.28. The molecule has 13 rings (SSSR count). The van der Waals surface area contributed by atoms with Crippen LogP contribution >= 0.6 is 0 Å². The van der Waals surface area contributed by atoms with Crippen LogP contribution in [-0.2, 0) is 5.41 Å². The largest absolute Gasteiger partial charge is 0.311 e. The minimum Gasteiger partial charge on any atom is -0.311 e. The van der Waals surface area contributed by atoms with Crippen LogP contribution in [-0.4, -0.2) is 9.13 Å². The molecule has 72 heavy (non-hydrogen) atoms. The van der Waals surface area contributed by atoms with Crippen LogP contribution in [0.3, 0.4) is 0 Å². The van der Waals surface area contributed by atoms with Crippen molar-refractivity contribution in [3.05, 3.63) is 296 Å². The Morgan fingerprint density at radius 2 is 0.625 bits per heavy atom. The van der Waals surface area contributed by atoms with Gasteiger partial charge in [-0.05, 0) is 142 Å². The van der Waals surface area contributed by atoms with Crippen LogP contribution in [0.15, 0.2) is 279 Å². The van der Waals surface area contributed by atoms with E-state index in [2.05, 4.69) is 300 Å². The van der Waals surface area contributed by atoms with E-state index in [-0.39, 0.29) is 5.41 Å². The van der Waals surface area contributed by atoms with Crippen LogP contribution in [0.2, 0.25) is 0 Å². The van der Waals surface area contributed by atoms with Crippen molar-refractivity contribution in [2.24, 2.45) is 0 Å². The number of hydrogen-bond donors (Lipinski definition) is 0. The minimum atomic E-state index is -0.376. The minimum absolute atomic E-state index is 0.376. The highest BCUT2D eigenvalue weighted by Crippen LogP contribution is 2.45. The van der Waals surface area contributed by atoms with Crippen LogP contribution in [0.1, 0.15) is 30.0 Å². The Balaban J connectivity index is 0.847. The van der Waals surface area contributed by atoms with Crippen LogP contribution in [0.5, 0.6) is 0 Å². The second-order valence-corrected chi connectivity index (χ2v) is 18.8. The van der Waals surface area contributed by atoms with E-state index in [1.807, 2.05) is 0 Å². The molecule has 2 heterocycles. The zero-order chi connectivity index (χ0) is 48.0. The fourth-order valence-corrected chi connectivity index (χ4v) is 11.5. The highest BCUT2D eigenvalue weighted by molar-refractivity contribution is 6.11. The average Bonchev–Trinajstić information content (AvgIpc) is 3.98. The van der Waals surface area contributed by atoms with Crippen molar-refractivity contribution in [3.63, 3.8) is 0 Å². The lowest BCUT2D eigenvalue weighted by molar-refractivity contribution is 0.594. The van der Waals surface area contributed by atoms with E-state index < -0.39 is 0 Å². The Morgan fingerprint density at radius 1 is 0.292 bits per heavy atom. The van der Waals surface area contributed by atoms with Crippen molar-refractivity contribution in [1.29, 1.82) is 0 Å². The molecule has 1 unspecified atom stereocenters. The van der Waals surface area contributed by atoms with Gasteiger partial charge in [0.05, 0.1) is 22.1 Å². The molecule has 1 atom stereocenters. The number of anilines is 3. The van der Waals surface area contributed by atoms with Gasteiger partial charge in [0.1, 0.15) is 0 Å². The van der Waals surface area contributed by atoms with Gasteiger partial charge in [0.25, 0.3) is 0 Å². The van der Waals surface area contributed by atoms with Gasteiger partial charge in [0.2, 0.25) is 0 Å². The van der Waals surface area contributed by atoms with Gasteiger partial charge in [-0.2, -0.15) is 0 Å². The Hall–Kier alpha value is -9.18. The molecule has 3 nitrogen and oxygen atoms in total. The van der Waals surface area contributed by atoms with Gasteiger partial charge in [0.15, 0.2) is 0 Å². The van der Waals surface area contributed by atoms with E-state index in [0.29, 0.717) is 0 Å².